The Morgan fingerprint density at radius 3 is 2.39 bits per heavy atom. The lowest BCUT2D eigenvalue weighted by Crippen LogP contribution is -2.51. The molecule has 2 aliphatic carbocycles. The molecule has 2 aliphatic heterocycles. The molecule has 0 bridgehead atoms. The summed E-state index contributed by atoms with van der Waals surface area (Å²) in [6, 6.07) is 0.672. The molecule has 2 aromatic rings. The highest BCUT2D eigenvalue weighted by atomic mass is 16.7. The predicted octanol–water partition coefficient (Wildman–Crippen LogP) is 4.11. The van der Waals surface area contributed by atoms with Crippen LogP contribution >= 0.6 is 0 Å². The topological polar surface area (TPSA) is 118 Å². The molecule has 6 rings (SSSR count). The Morgan fingerprint density at radius 1 is 1.03 bits per heavy atom. The number of ether oxygens (including phenoxy) is 1. The first kappa shape index (κ1) is 25.6. The molecule has 208 valence electrons. The Kier molecular flexibility index (Phi) is 7.07. The summed E-state index contributed by atoms with van der Waals surface area (Å²) in [7, 11) is 0. The van der Waals surface area contributed by atoms with E-state index in [1.54, 1.807) is 0 Å². The normalized spacial score (nSPS) is 31.1. The first-order valence-corrected chi connectivity index (χ1v) is 14.5. The molecule has 4 fully saturated rings. The second-order valence-corrected chi connectivity index (χ2v) is 12.1. The van der Waals surface area contributed by atoms with Crippen molar-refractivity contribution in [3.63, 3.8) is 0 Å². The molecule has 1 unspecified atom stereocenters. The summed E-state index contributed by atoms with van der Waals surface area (Å²) in [4.78, 5) is 34.1. The second kappa shape index (κ2) is 10.5. The minimum absolute atomic E-state index is 0.197. The summed E-state index contributed by atoms with van der Waals surface area (Å²) >= 11 is 0. The number of amides is 1. The number of carbonyl (C=O) groups is 1. The zero-order valence-electron chi connectivity index (χ0n) is 23.1. The van der Waals surface area contributed by atoms with Gasteiger partial charge >= 0.3 is 6.09 Å². The number of rotatable bonds is 7. The van der Waals surface area contributed by atoms with Gasteiger partial charge in [0, 0.05) is 12.6 Å². The minimum Gasteiger partial charge on any atom is -0.377 e. The van der Waals surface area contributed by atoms with E-state index in [-0.39, 0.29) is 18.1 Å². The molecule has 0 radical (unpaired) electrons. The van der Waals surface area contributed by atoms with Crippen LogP contribution in [0, 0.1) is 17.8 Å². The van der Waals surface area contributed by atoms with Crippen molar-refractivity contribution in [3.8, 4) is 0 Å². The van der Waals surface area contributed by atoms with Gasteiger partial charge in [-0.15, -0.1) is 5.48 Å². The van der Waals surface area contributed by atoms with Gasteiger partial charge in [-0.25, -0.2) is 14.8 Å². The van der Waals surface area contributed by atoms with Crippen LogP contribution in [0.25, 0.3) is 11.2 Å². The number of morpholine rings is 1. The van der Waals surface area contributed by atoms with Crippen LogP contribution in [0.1, 0.15) is 84.6 Å². The maximum absolute atomic E-state index is 11.8. The van der Waals surface area contributed by atoms with E-state index < -0.39 is 12.3 Å². The molecule has 11 heteroatoms. The number of nitrogens with zero attached hydrogens (tertiary/aromatic N) is 5. The molecule has 1 amide bonds. The molecule has 2 saturated heterocycles. The van der Waals surface area contributed by atoms with Crippen molar-refractivity contribution in [2.75, 3.05) is 23.4 Å². The first-order valence-electron chi connectivity index (χ1n) is 14.5. The fourth-order valence-electron chi connectivity index (χ4n) is 6.49. The monoisotopic (exact) mass is 526 g/mol. The number of nitrogens with one attached hydrogen (secondary N) is 3. The zero-order valence-corrected chi connectivity index (χ0v) is 23.1. The van der Waals surface area contributed by atoms with Crippen molar-refractivity contribution in [2.45, 2.75) is 103 Å². The van der Waals surface area contributed by atoms with Crippen LogP contribution in [0.5, 0.6) is 0 Å². The highest BCUT2D eigenvalue weighted by molar-refractivity contribution is 5.86. The molecule has 0 aromatic carbocycles. The van der Waals surface area contributed by atoms with Crippen molar-refractivity contribution >= 4 is 29.0 Å². The van der Waals surface area contributed by atoms with Crippen LogP contribution < -0.4 is 21.0 Å². The van der Waals surface area contributed by atoms with Gasteiger partial charge in [-0.2, -0.15) is 4.98 Å². The van der Waals surface area contributed by atoms with Crippen LogP contribution in [0.4, 0.5) is 16.6 Å². The van der Waals surface area contributed by atoms with E-state index in [0.29, 0.717) is 36.5 Å². The molecular formula is C27H42N8O3. The van der Waals surface area contributed by atoms with Gasteiger partial charge in [0.05, 0.1) is 25.3 Å². The van der Waals surface area contributed by atoms with E-state index in [9.17, 15) is 4.79 Å². The molecular weight excluding hydrogens is 484 g/mol. The number of aromatic nitrogens is 4. The van der Waals surface area contributed by atoms with Gasteiger partial charge in [0.25, 0.3) is 0 Å². The molecule has 38 heavy (non-hydrogen) atoms. The lowest BCUT2D eigenvalue weighted by molar-refractivity contribution is 0.0741. The average molecular weight is 527 g/mol. The number of fused-ring (bicyclic) bond motifs is 1. The van der Waals surface area contributed by atoms with Crippen LogP contribution in [0.2, 0.25) is 0 Å². The Bertz CT molecular complexity index is 1150. The van der Waals surface area contributed by atoms with Gasteiger partial charge in [0.2, 0.25) is 5.95 Å². The van der Waals surface area contributed by atoms with Crippen molar-refractivity contribution < 1.29 is 14.4 Å². The quantitative estimate of drug-likeness (QED) is 0.490. The summed E-state index contributed by atoms with van der Waals surface area (Å²) in [5, 5.41) is 6.49. The third-order valence-corrected chi connectivity index (χ3v) is 9.09. The smallest absolute Gasteiger partial charge is 0.377 e. The van der Waals surface area contributed by atoms with E-state index >= 15 is 0 Å². The molecule has 11 nitrogen and oxygen atoms in total. The van der Waals surface area contributed by atoms with E-state index in [4.69, 9.17) is 24.5 Å². The minimum atomic E-state index is -0.624. The first-order chi connectivity index (χ1) is 18.4. The summed E-state index contributed by atoms with van der Waals surface area (Å²) < 4.78 is 8.24. The lowest BCUT2D eigenvalue weighted by Gasteiger charge is -2.40. The third-order valence-electron chi connectivity index (χ3n) is 9.09. The number of anilines is 2. The van der Waals surface area contributed by atoms with Crippen LogP contribution in [0.3, 0.4) is 0 Å². The maximum atomic E-state index is 11.8. The molecule has 4 aliphatic rings. The molecule has 0 spiro atoms. The fraction of sp³-hybridized carbons (Fsp3) is 0.778. The Hall–Kier alpha value is -2.66. The molecule has 3 N–H and O–H groups in total. The Balaban J connectivity index is 1.46. The number of imidazole rings is 1. The van der Waals surface area contributed by atoms with Gasteiger partial charge in [-0.3, -0.25) is 5.32 Å². The SMILES string of the molecule is CC1CCC(Cn2c(N3[C@H](C)COC[C@H]3C)nc3nc(C4NOC(=O)N4)nc(N[C@H](C)C4CCC4)c32)CC1. The van der Waals surface area contributed by atoms with Crippen molar-refractivity contribution in [3.05, 3.63) is 5.82 Å². The van der Waals surface area contributed by atoms with Gasteiger partial charge < -0.3 is 24.4 Å². The molecule has 4 heterocycles. The number of hydroxylamine groups is 1. The Labute approximate surface area is 224 Å². The maximum Gasteiger partial charge on any atom is 0.427 e. The highest BCUT2D eigenvalue weighted by Crippen LogP contribution is 2.37. The molecule has 4 atom stereocenters. The van der Waals surface area contributed by atoms with Gasteiger partial charge in [0.15, 0.2) is 23.5 Å². The van der Waals surface area contributed by atoms with Crippen LogP contribution in [-0.2, 0) is 16.1 Å². The van der Waals surface area contributed by atoms with E-state index in [2.05, 4.69) is 53.3 Å². The van der Waals surface area contributed by atoms with E-state index in [1.807, 2.05) is 0 Å². The summed E-state index contributed by atoms with van der Waals surface area (Å²) in [5.41, 5.74) is 4.30. The van der Waals surface area contributed by atoms with Crippen molar-refractivity contribution in [1.29, 1.82) is 0 Å². The van der Waals surface area contributed by atoms with Gasteiger partial charge in [-0.05, 0) is 64.2 Å². The lowest BCUT2D eigenvalue weighted by atomic mass is 9.80. The van der Waals surface area contributed by atoms with Gasteiger partial charge in [-0.1, -0.05) is 26.2 Å². The van der Waals surface area contributed by atoms with E-state index in [1.165, 1.54) is 44.9 Å². The number of carbonyl (C=O) groups excluding carboxylic acids is 1. The number of hydrogen-bond acceptors (Lipinski definition) is 9. The second-order valence-electron chi connectivity index (χ2n) is 12.1. The largest absolute Gasteiger partial charge is 0.427 e. The molecule has 2 aromatic heterocycles. The van der Waals surface area contributed by atoms with Gasteiger partial charge in [0.1, 0.15) is 5.52 Å². The Morgan fingerprint density at radius 2 is 1.76 bits per heavy atom. The highest BCUT2D eigenvalue weighted by Gasteiger charge is 2.35. The zero-order chi connectivity index (χ0) is 26.4. The standard InChI is InChI=1S/C27H42N8O3/c1-15-8-10-19(11-9-15)12-34-21-22(28-18(4)20-6-5-7-20)29-24(25-32-27(36)38-33-25)30-23(21)31-26(34)35-16(2)13-37-14-17(35)3/h15-20,25,33H,5-14H2,1-4H3,(H,32,36)(H,28,29,30)/t15?,16-,17-,18-,19?,25?/m1/s1. The summed E-state index contributed by atoms with van der Waals surface area (Å²) in [6.45, 7) is 11.2. The van der Waals surface area contributed by atoms with Crippen LogP contribution in [-0.4, -0.2) is 57.0 Å². The summed E-state index contributed by atoms with van der Waals surface area (Å²) in [5.74, 6) is 4.18. The van der Waals surface area contributed by atoms with Crippen molar-refractivity contribution in [1.82, 2.24) is 30.3 Å². The molecule has 2 saturated carbocycles. The van der Waals surface area contributed by atoms with E-state index in [0.717, 1.165) is 29.7 Å². The average Bonchev–Trinajstić information content (AvgIpc) is 3.43. The van der Waals surface area contributed by atoms with Crippen LogP contribution in [0.15, 0.2) is 0 Å². The van der Waals surface area contributed by atoms with Crippen molar-refractivity contribution in [2.24, 2.45) is 17.8 Å². The summed E-state index contributed by atoms with van der Waals surface area (Å²) in [6.07, 6.45) is 7.59. The predicted molar refractivity (Wildman–Crippen MR) is 145 cm³/mol. The fourth-order valence-corrected chi connectivity index (χ4v) is 6.49. The third kappa shape index (κ3) is 4.90. The number of hydrogen-bond donors (Lipinski definition) is 3.